The van der Waals surface area contributed by atoms with Gasteiger partial charge >= 0.3 is 7.82 Å². The molecule has 0 aliphatic heterocycles. The molecular formula is C12H25N2O12P. The van der Waals surface area contributed by atoms with Crippen molar-refractivity contribution in [1.82, 2.24) is 0 Å². The minimum Gasteiger partial charge on any atom is -0.395 e. The summed E-state index contributed by atoms with van der Waals surface area (Å²) in [6, 6.07) is -3.08. The third-order valence-corrected chi connectivity index (χ3v) is 4.35. The van der Waals surface area contributed by atoms with Crippen LogP contribution in [0.3, 0.4) is 0 Å². The molecule has 14 nitrogen and oxygen atoms in total. The van der Waals surface area contributed by atoms with Crippen LogP contribution < -0.4 is 11.5 Å². The molecule has 27 heavy (non-hydrogen) atoms. The van der Waals surface area contributed by atoms with Crippen LogP contribution >= 0.6 is 7.82 Å². The summed E-state index contributed by atoms with van der Waals surface area (Å²) >= 11 is 0. The average molecular weight is 420 g/mol. The first-order chi connectivity index (χ1) is 12.4. The summed E-state index contributed by atoms with van der Waals surface area (Å²) in [4.78, 5) is 32.0. The number of hydrogen-bond donors (Lipinski definition) is 9. The molecule has 0 spiro atoms. The average Bonchev–Trinajstić information content (AvgIpc) is 2.66. The summed E-state index contributed by atoms with van der Waals surface area (Å²) in [6.45, 7) is -3.01. The van der Waals surface area contributed by atoms with E-state index >= 15 is 0 Å². The van der Waals surface area contributed by atoms with Crippen molar-refractivity contribution >= 4 is 19.9 Å². The van der Waals surface area contributed by atoms with E-state index < -0.39 is 76.0 Å². The maximum absolute atomic E-state index is 11.9. The van der Waals surface area contributed by atoms with E-state index in [0.29, 0.717) is 0 Å². The molecular weight excluding hydrogens is 395 g/mol. The van der Waals surface area contributed by atoms with Gasteiger partial charge in [-0.25, -0.2) is 4.57 Å². The Hall–Kier alpha value is -0.870. The molecule has 160 valence electrons. The molecule has 0 saturated carbocycles. The Morgan fingerprint density at radius 3 is 2.07 bits per heavy atom. The van der Waals surface area contributed by atoms with Gasteiger partial charge in [0.25, 0.3) is 0 Å². The first kappa shape index (κ1) is 26.1. The smallest absolute Gasteiger partial charge is 0.395 e. The number of aliphatic hydroxyl groups excluding tert-OH is 6. The van der Waals surface area contributed by atoms with Gasteiger partial charge < -0.3 is 51.8 Å². The van der Waals surface area contributed by atoms with Gasteiger partial charge in [-0.15, -0.1) is 0 Å². The fourth-order valence-corrected chi connectivity index (χ4v) is 2.64. The number of carbonyl (C=O) groups is 2. The van der Waals surface area contributed by atoms with Crippen LogP contribution in [-0.4, -0.2) is 110 Å². The molecule has 0 fully saturated rings. The lowest BCUT2D eigenvalue weighted by atomic mass is 10.0. The van der Waals surface area contributed by atoms with E-state index in [2.05, 4.69) is 9.05 Å². The second-order valence-corrected chi connectivity index (χ2v) is 6.92. The summed E-state index contributed by atoms with van der Waals surface area (Å²) in [5, 5.41) is 55.6. The van der Waals surface area contributed by atoms with Crippen molar-refractivity contribution in [3.8, 4) is 0 Å². The van der Waals surface area contributed by atoms with E-state index in [1.807, 2.05) is 0 Å². The molecule has 1 unspecified atom stereocenters. The van der Waals surface area contributed by atoms with Crippen molar-refractivity contribution in [2.75, 3.05) is 19.8 Å². The van der Waals surface area contributed by atoms with Crippen molar-refractivity contribution in [2.45, 2.75) is 42.6 Å². The number of rotatable bonds is 14. The molecule has 11 N–H and O–H groups in total. The lowest BCUT2D eigenvalue weighted by molar-refractivity contribution is -0.137. The number of ketones is 1. The largest absolute Gasteiger partial charge is 0.473 e. The number of nitrogens with two attached hydrogens (primary N) is 2. The van der Waals surface area contributed by atoms with Crippen molar-refractivity contribution < 1.29 is 58.7 Å². The van der Waals surface area contributed by atoms with Crippen molar-refractivity contribution in [3.05, 3.63) is 0 Å². The third kappa shape index (κ3) is 8.35. The quantitative estimate of drug-likeness (QED) is 0.0936. The lowest BCUT2D eigenvalue weighted by Gasteiger charge is -2.29. The Morgan fingerprint density at radius 2 is 1.63 bits per heavy atom. The fraction of sp³-hybridized carbons (Fsp3) is 0.833. The van der Waals surface area contributed by atoms with Gasteiger partial charge in [-0.1, -0.05) is 0 Å². The first-order valence-electron chi connectivity index (χ1n) is 7.50. The monoisotopic (exact) mass is 420 g/mol. The normalized spacial score (nSPS) is 22.0. The van der Waals surface area contributed by atoms with E-state index in [9.17, 15) is 39.5 Å². The molecule has 0 rings (SSSR count). The summed E-state index contributed by atoms with van der Waals surface area (Å²) in [6.07, 6.45) is -9.94. The topological polar surface area (TPSA) is 263 Å². The molecule has 0 aromatic carbocycles. The Labute approximate surface area is 153 Å². The van der Waals surface area contributed by atoms with Crippen molar-refractivity contribution in [3.63, 3.8) is 0 Å². The van der Waals surface area contributed by atoms with E-state index in [1.54, 1.807) is 0 Å². The predicted octanol–water partition coefficient (Wildman–Crippen LogP) is -5.66. The van der Waals surface area contributed by atoms with E-state index in [1.165, 1.54) is 0 Å². The Kier molecular flexibility index (Phi) is 11.5. The summed E-state index contributed by atoms with van der Waals surface area (Å²) in [5.41, 5.74) is 10.5. The number of phosphoric ester groups is 1. The van der Waals surface area contributed by atoms with Gasteiger partial charge in [-0.05, 0) is 0 Å². The van der Waals surface area contributed by atoms with Gasteiger partial charge in [0.1, 0.15) is 43.4 Å². The standard InChI is InChI=1S/C12H25N2O12P/c13-5(1-15)9(20)10(21)8(19)4-25-27(23,24)26-12(6(14)2-16)11(22)7(18)3-17/h2,5-7,9-12,15,17-18,20-22H,1,3-4,13-14H2,(H,23,24)/t5-,6-,7+,9+,10+,11+,12+/m0/s1. The van der Waals surface area contributed by atoms with E-state index in [0.717, 1.165) is 0 Å². The number of phosphoric acid groups is 1. The zero-order valence-corrected chi connectivity index (χ0v) is 14.9. The molecule has 0 amide bonds. The third-order valence-electron chi connectivity index (χ3n) is 3.38. The number of Topliss-reactive ketones (excluding diaryl/α,β-unsaturated/α-hetero) is 1. The van der Waals surface area contributed by atoms with Gasteiger partial charge in [0.2, 0.25) is 0 Å². The molecule has 0 aromatic rings. The molecule has 8 atom stereocenters. The van der Waals surface area contributed by atoms with Crippen LogP contribution in [0.2, 0.25) is 0 Å². The maximum Gasteiger partial charge on any atom is 0.473 e. The van der Waals surface area contributed by atoms with Gasteiger partial charge in [-0.2, -0.15) is 0 Å². The molecule has 0 bridgehead atoms. The number of aldehydes is 1. The second-order valence-electron chi connectivity index (χ2n) is 5.51. The van der Waals surface area contributed by atoms with Crippen LogP contribution in [0.1, 0.15) is 0 Å². The molecule has 0 heterocycles. The molecule has 0 aliphatic rings. The van der Waals surface area contributed by atoms with Crippen LogP contribution in [0.5, 0.6) is 0 Å². The highest BCUT2D eigenvalue weighted by Crippen LogP contribution is 2.45. The minimum absolute atomic E-state index is 0.0273. The maximum atomic E-state index is 11.9. The fourth-order valence-electron chi connectivity index (χ4n) is 1.71. The lowest BCUT2D eigenvalue weighted by Crippen LogP contribution is -2.51. The van der Waals surface area contributed by atoms with Crippen molar-refractivity contribution in [2.24, 2.45) is 11.5 Å². The number of hydrogen-bond acceptors (Lipinski definition) is 13. The zero-order valence-electron chi connectivity index (χ0n) is 14.0. The minimum atomic E-state index is -5.16. The predicted molar refractivity (Wildman–Crippen MR) is 85.9 cm³/mol. The first-order valence-corrected chi connectivity index (χ1v) is 9.00. The van der Waals surface area contributed by atoms with Gasteiger partial charge in [0, 0.05) is 0 Å². The number of carbonyl (C=O) groups excluding carboxylic acids is 2. The highest BCUT2D eigenvalue weighted by molar-refractivity contribution is 7.47. The second kappa shape index (κ2) is 11.9. The van der Waals surface area contributed by atoms with E-state index in [-0.39, 0.29) is 6.29 Å². The highest BCUT2D eigenvalue weighted by Gasteiger charge is 2.39. The van der Waals surface area contributed by atoms with Crippen molar-refractivity contribution in [1.29, 1.82) is 0 Å². The molecule has 0 saturated heterocycles. The summed E-state index contributed by atoms with van der Waals surface area (Å²) < 4.78 is 20.7. The molecule has 0 radical (unpaired) electrons. The van der Waals surface area contributed by atoms with Gasteiger partial charge in [0.05, 0.1) is 25.3 Å². The molecule has 0 aromatic heterocycles. The summed E-state index contributed by atoms with van der Waals surface area (Å²) in [7, 11) is -5.16. The SMILES string of the molecule is N[C@@H](C=O)[C@@H](OP(=O)(O)OCC(=O)[C@@H](O)[C@H](O)[C@@H](N)CO)[C@H](O)[C@H](O)CO. The molecule has 0 aliphatic carbocycles. The van der Waals surface area contributed by atoms with Gasteiger partial charge in [-0.3, -0.25) is 13.8 Å². The highest BCUT2D eigenvalue weighted by atomic mass is 31.2. The van der Waals surface area contributed by atoms with Crippen LogP contribution in [0.15, 0.2) is 0 Å². The Morgan fingerprint density at radius 1 is 1.07 bits per heavy atom. The van der Waals surface area contributed by atoms with Crippen LogP contribution in [0.25, 0.3) is 0 Å². The zero-order chi connectivity index (χ0) is 21.4. The Balaban J connectivity index is 5.00. The molecule has 15 heteroatoms. The van der Waals surface area contributed by atoms with Crippen LogP contribution in [0.4, 0.5) is 0 Å². The van der Waals surface area contributed by atoms with Gasteiger partial charge in [0.15, 0.2) is 5.78 Å². The number of aliphatic hydroxyl groups is 6. The summed E-state index contributed by atoms with van der Waals surface area (Å²) in [5.74, 6) is -1.29. The Bertz CT molecular complexity index is 523. The van der Waals surface area contributed by atoms with Crippen LogP contribution in [0, 0.1) is 0 Å². The van der Waals surface area contributed by atoms with E-state index in [4.69, 9.17) is 21.7 Å². The van der Waals surface area contributed by atoms with Crippen LogP contribution in [-0.2, 0) is 23.2 Å².